The molecular formula is C23H35N3O3. The van der Waals surface area contributed by atoms with Crippen LogP contribution in [0, 0.1) is 11.8 Å². The Morgan fingerprint density at radius 3 is 2.55 bits per heavy atom. The second-order valence-electron chi connectivity index (χ2n) is 8.74. The van der Waals surface area contributed by atoms with Gasteiger partial charge >= 0.3 is 5.97 Å². The highest BCUT2D eigenvalue weighted by Gasteiger charge is 2.33. The van der Waals surface area contributed by atoms with Crippen LogP contribution in [0.2, 0.25) is 0 Å². The Kier molecular flexibility index (Phi) is 7.14. The van der Waals surface area contributed by atoms with Gasteiger partial charge in [0, 0.05) is 23.9 Å². The number of rotatable bonds is 6. The highest BCUT2D eigenvalue weighted by molar-refractivity contribution is 6.02. The molecule has 3 rings (SSSR count). The van der Waals surface area contributed by atoms with Gasteiger partial charge in [0.1, 0.15) is 5.56 Å². The monoisotopic (exact) mass is 401 g/mol. The number of aromatic nitrogens is 2. The van der Waals surface area contributed by atoms with Crippen molar-refractivity contribution in [3.05, 3.63) is 17.8 Å². The van der Waals surface area contributed by atoms with E-state index in [1.807, 2.05) is 13.8 Å². The van der Waals surface area contributed by atoms with Crippen molar-refractivity contribution < 1.29 is 14.3 Å². The van der Waals surface area contributed by atoms with Gasteiger partial charge in [-0.2, -0.15) is 0 Å². The molecule has 1 aromatic rings. The number of hydrogen-bond acceptors (Lipinski definition) is 4. The summed E-state index contributed by atoms with van der Waals surface area (Å²) in [5, 5.41) is 4.75. The molecule has 160 valence electrons. The molecule has 1 atom stereocenters. The third kappa shape index (κ3) is 4.90. The van der Waals surface area contributed by atoms with Crippen molar-refractivity contribution in [1.29, 1.82) is 0 Å². The van der Waals surface area contributed by atoms with Gasteiger partial charge in [-0.25, -0.2) is 9.48 Å². The fraction of sp³-hybridized carbons (Fsp3) is 0.696. The molecule has 1 fully saturated rings. The van der Waals surface area contributed by atoms with Crippen LogP contribution >= 0.6 is 0 Å². The zero-order valence-electron chi connectivity index (χ0n) is 18.3. The van der Waals surface area contributed by atoms with Crippen LogP contribution in [0.4, 0.5) is 5.82 Å². The molecule has 1 unspecified atom stereocenters. The minimum absolute atomic E-state index is 0.0149. The second-order valence-corrected chi connectivity index (χ2v) is 8.74. The number of ether oxygens (including phenoxy) is 1. The lowest BCUT2D eigenvalue weighted by molar-refractivity contribution is -0.123. The number of nitrogens with zero attached hydrogens (tertiary/aromatic N) is 3. The predicted molar refractivity (Wildman–Crippen MR) is 115 cm³/mol. The highest BCUT2D eigenvalue weighted by Crippen LogP contribution is 2.32. The van der Waals surface area contributed by atoms with Crippen molar-refractivity contribution >= 4 is 23.4 Å². The molecular weight excluding hydrogens is 366 g/mol. The highest BCUT2D eigenvalue weighted by atomic mass is 16.5. The number of esters is 1. The summed E-state index contributed by atoms with van der Waals surface area (Å²) in [4.78, 5) is 27.8. The lowest BCUT2D eigenvalue weighted by Crippen LogP contribution is -2.42. The lowest BCUT2D eigenvalue weighted by atomic mass is 9.88. The Morgan fingerprint density at radius 1 is 1.24 bits per heavy atom. The minimum atomic E-state index is -0.416. The zero-order chi connectivity index (χ0) is 21.0. The van der Waals surface area contributed by atoms with Crippen LogP contribution in [0.25, 0.3) is 5.70 Å². The fourth-order valence-electron chi connectivity index (χ4n) is 4.35. The van der Waals surface area contributed by atoms with Gasteiger partial charge in [0.05, 0.1) is 6.61 Å². The van der Waals surface area contributed by atoms with Crippen LogP contribution in [0.15, 0.2) is 12.3 Å². The number of allylic oxidation sites excluding steroid dienone is 2. The quantitative estimate of drug-likeness (QED) is 0.626. The van der Waals surface area contributed by atoms with Gasteiger partial charge in [0.25, 0.3) is 0 Å². The summed E-state index contributed by atoms with van der Waals surface area (Å²) in [5.74, 6) is 0.787. The summed E-state index contributed by atoms with van der Waals surface area (Å²) >= 11 is 0. The topological polar surface area (TPSA) is 64.4 Å². The van der Waals surface area contributed by atoms with Gasteiger partial charge in [0.2, 0.25) is 5.91 Å². The van der Waals surface area contributed by atoms with E-state index in [1.165, 1.54) is 6.42 Å². The molecule has 29 heavy (non-hydrogen) atoms. The standard InChI is InChI=1S/C23H35N3O3/c1-5-29-23(28)20-15-25(19-13-11-17(4)12-14-19)24-21(20)26(16(2)3)22(27)18-9-7-6-8-10-18/h13,15-18H,5-12,14H2,1-4H3. The Bertz CT molecular complexity index is 759. The summed E-state index contributed by atoms with van der Waals surface area (Å²) in [6.45, 7) is 8.30. The number of anilines is 1. The van der Waals surface area contributed by atoms with Crippen molar-refractivity contribution in [2.24, 2.45) is 11.8 Å². The average Bonchev–Trinajstić information content (AvgIpc) is 3.14. The van der Waals surface area contributed by atoms with Crippen molar-refractivity contribution in [3.63, 3.8) is 0 Å². The Balaban J connectivity index is 1.99. The van der Waals surface area contributed by atoms with Gasteiger partial charge in [-0.1, -0.05) is 32.3 Å². The van der Waals surface area contributed by atoms with E-state index in [1.54, 1.807) is 22.7 Å². The van der Waals surface area contributed by atoms with Crippen molar-refractivity contribution in [1.82, 2.24) is 9.78 Å². The first-order chi connectivity index (χ1) is 13.9. The van der Waals surface area contributed by atoms with Gasteiger partial charge in [0.15, 0.2) is 5.82 Å². The fourth-order valence-corrected chi connectivity index (χ4v) is 4.35. The molecule has 0 N–H and O–H groups in total. The summed E-state index contributed by atoms with van der Waals surface area (Å²) in [6.07, 6.45) is 12.2. The molecule has 1 aromatic heterocycles. The molecule has 6 nitrogen and oxygen atoms in total. The van der Waals surface area contributed by atoms with Crippen LogP contribution in [0.5, 0.6) is 0 Å². The molecule has 0 aromatic carbocycles. The number of amides is 1. The minimum Gasteiger partial charge on any atom is -0.462 e. The average molecular weight is 402 g/mol. The Morgan fingerprint density at radius 2 is 1.97 bits per heavy atom. The molecule has 1 heterocycles. The molecule has 1 amide bonds. The van der Waals surface area contributed by atoms with E-state index < -0.39 is 5.97 Å². The molecule has 0 spiro atoms. The van der Waals surface area contributed by atoms with Crippen LogP contribution in [-0.2, 0) is 9.53 Å². The molecule has 2 aliphatic rings. The van der Waals surface area contributed by atoms with Crippen molar-refractivity contribution in [2.45, 2.75) is 85.1 Å². The van der Waals surface area contributed by atoms with E-state index in [-0.39, 0.29) is 17.9 Å². The molecule has 2 aliphatic carbocycles. The zero-order valence-corrected chi connectivity index (χ0v) is 18.3. The van der Waals surface area contributed by atoms with Crippen LogP contribution < -0.4 is 4.90 Å². The molecule has 0 bridgehead atoms. The second kappa shape index (κ2) is 9.59. The van der Waals surface area contributed by atoms with E-state index in [0.29, 0.717) is 23.9 Å². The normalized spacial score (nSPS) is 20.4. The van der Waals surface area contributed by atoms with E-state index in [0.717, 1.165) is 50.6 Å². The van der Waals surface area contributed by atoms with Crippen LogP contribution in [0.3, 0.4) is 0 Å². The third-order valence-electron chi connectivity index (χ3n) is 6.07. The lowest BCUT2D eigenvalue weighted by Gasteiger charge is -2.31. The Labute approximate surface area is 174 Å². The summed E-state index contributed by atoms with van der Waals surface area (Å²) in [5.41, 5.74) is 1.47. The first-order valence-electron chi connectivity index (χ1n) is 11.2. The SMILES string of the molecule is CCOC(=O)c1cn(C2=CCC(C)CC2)nc1N(C(=O)C1CCCCC1)C(C)C. The molecule has 0 saturated heterocycles. The van der Waals surface area contributed by atoms with E-state index in [9.17, 15) is 9.59 Å². The van der Waals surface area contributed by atoms with E-state index in [2.05, 4.69) is 13.0 Å². The predicted octanol–water partition coefficient (Wildman–Crippen LogP) is 5.04. The number of carbonyl (C=O) groups is 2. The van der Waals surface area contributed by atoms with Gasteiger partial charge in [-0.05, 0) is 58.8 Å². The summed E-state index contributed by atoms with van der Waals surface area (Å²) in [6, 6.07) is -0.0821. The first kappa shape index (κ1) is 21.6. The third-order valence-corrected chi connectivity index (χ3v) is 6.07. The van der Waals surface area contributed by atoms with Gasteiger partial charge in [-0.15, -0.1) is 5.10 Å². The van der Waals surface area contributed by atoms with E-state index in [4.69, 9.17) is 9.84 Å². The molecule has 0 aliphatic heterocycles. The van der Waals surface area contributed by atoms with Crippen molar-refractivity contribution in [3.8, 4) is 0 Å². The van der Waals surface area contributed by atoms with Gasteiger partial charge in [-0.3, -0.25) is 9.69 Å². The number of carbonyl (C=O) groups excluding carboxylic acids is 2. The number of hydrogen-bond donors (Lipinski definition) is 0. The Hall–Kier alpha value is -2.11. The van der Waals surface area contributed by atoms with Gasteiger partial charge < -0.3 is 4.74 Å². The summed E-state index contributed by atoms with van der Waals surface area (Å²) < 4.78 is 7.08. The molecule has 0 radical (unpaired) electrons. The maximum atomic E-state index is 13.4. The van der Waals surface area contributed by atoms with E-state index >= 15 is 0 Å². The van der Waals surface area contributed by atoms with Crippen LogP contribution in [-0.4, -0.2) is 34.3 Å². The largest absolute Gasteiger partial charge is 0.462 e. The van der Waals surface area contributed by atoms with Crippen molar-refractivity contribution in [2.75, 3.05) is 11.5 Å². The first-order valence-corrected chi connectivity index (χ1v) is 11.2. The maximum absolute atomic E-state index is 13.4. The smallest absolute Gasteiger partial charge is 0.343 e. The van der Waals surface area contributed by atoms with Crippen LogP contribution in [0.1, 0.15) is 89.4 Å². The summed E-state index contributed by atoms with van der Waals surface area (Å²) in [7, 11) is 0. The molecule has 1 saturated carbocycles. The molecule has 6 heteroatoms. The maximum Gasteiger partial charge on any atom is 0.343 e.